The zero-order chi connectivity index (χ0) is 26.6. The molecule has 0 aromatic rings. The molecule has 4 atom stereocenters. The molecule has 12 nitrogen and oxygen atoms in total. The van der Waals surface area contributed by atoms with E-state index >= 15 is 0 Å². The van der Waals surface area contributed by atoms with Gasteiger partial charge in [-0.1, -0.05) is 6.42 Å². The number of fused-ring (bicyclic) bond motifs is 1. The summed E-state index contributed by atoms with van der Waals surface area (Å²) in [5.74, 6) is 0.0429. The number of rotatable bonds is 17. The molecule has 3 heterocycles. The number of amides is 6. The van der Waals surface area contributed by atoms with Crippen LogP contribution in [0.25, 0.3) is 0 Å². The van der Waals surface area contributed by atoms with Gasteiger partial charge < -0.3 is 30.7 Å². The fourth-order valence-electron chi connectivity index (χ4n) is 4.41. The van der Waals surface area contributed by atoms with Crippen molar-refractivity contribution in [1.82, 2.24) is 26.2 Å². The SMILES string of the molecule is O=C(CCCC[C@@H]1SC[C@@H]2NC(=O)N[C@@H]21)NCCOCCOCCNC(=O)CCN1C(=O)CC(S)C1=O. The number of hydrogen-bond acceptors (Lipinski definition) is 9. The highest BCUT2D eigenvalue weighted by Gasteiger charge is 2.42. The largest absolute Gasteiger partial charge is 0.377 e. The summed E-state index contributed by atoms with van der Waals surface area (Å²) >= 11 is 5.93. The summed E-state index contributed by atoms with van der Waals surface area (Å²) in [6.45, 7) is 2.26. The molecule has 0 spiro atoms. The Bertz CT molecular complexity index is 833. The van der Waals surface area contributed by atoms with Crippen LogP contribution < -0.4 is 21.3 Å². The Morgan fingerprint density at radius 3 is 2.30 bits per heavy atom. The second kappa shape index (κ2) is 15.4. The number of urea groups is 1. The van der Waals surface area contributed by atoms with E-state index in [9.17, 15) is 24.0 Å². The minimum Gasteiger partial charge on any atom is -0.377 e. The van der Waals surface area contributed by atoms with Crippen LogP contribution >= 0.6 is 24.4 Å². The summed E-state index contributed by atoms with van der Waals surface area (Å²) in [6.07, 6.45) is 3.36. The Balaban J connectivity index is 1.06. The van der Waals surface area contributed by atoms with Gasteiger partial charge in [0.25, 0.3) is 0 Å². The maximum absolute atomic E-state index is 12.0. The molecule has 208 valence electrons. The molecule has 3 fully saturated rings. The van der Waals surface area contributed by atoms with Gasteiger partial charge in [0.05, 0.1) is 43.8 Å². The summed E-state index contributed by atoms with van der Waals surface area (Å²) in [5, 5.41) is 11.2. The monoisotopic (exact) mass is 559 g/mol. The van der Waals surface area contributed by atoms with Crippen molar-refractivity contribution >= 4 is 54.1 Å². The highest BCUT2D eigenvalue weighted by molar-refractivity contribution is 8.00. The number of carbonyl (C=O) groups is 5. The van der Waals surface area contributed by atoms with E-state index < -0.39 is 5.25 Å². The van der Waals surface area contributed by atoms with E-state index in [-0.39, 0.29) is 61.1 Å². The normalized spacial score (nSPS) is 24.7. The molecule has 37 heavy (non-hydrogen) atoms. The van der Waals surface area contributed by atoms with Crippen molar-refractivity contribution in [3.8, 4) is 0 Å². The molecule has 3 rings (SSSR count). The molecule has 0 aromatic heterocycles. The van der Waals surface area contributed by atoms with Gasteiger partial charge in [-0.25, -0.2) is 4.79 Å². The van der Waals surface area contributed by atoms with Crippen LogP contribution in [-0.4, -0.2) is 109 Å². The lowest BCUT2D eigenvalue weighted by atomic mass is 10.0. The minimum absolute atomic E-state index is 0.00674. The Labute approximate surface area is 226 Å². The number of carbonyl (C=O) groups excluding carboxylic acids is 5. The molecule has 0 bridgehead atoms. The third kappa shape index (κ3) is 9.65. The van der Waals surface area contributed by atoms with E-state index in [1.807, 2.05) is 11.8 Å². The molecular weight excluding hydrogens is 522 g/mol. The molecule has 3 saturated heterocycles. The van der Waals surface area contributed by atoms with Gasteiger partial charge in [0.1, 0.15) is 0 Å². The highest BCUT2D eigenvalue weighted by atomic mass is 32.2. The number of unbranched alkanes of at least 4 members (excludes halogenated alkanes) is 1. The van der Waals surface area contributed by atoms with Crippen molar-refractivity contribution in [2.24, 2.45) is 0 Å². The number of imide groups is 1. The van der Waals surface area contributed by atoms with Crippen LogP contribution in [0.1, 0.15) is 38.5 Å². The van der Waals surface area contributed by atoms with E-state index in [2.05, 4.69) is 33.9 Å². The predicted molar refractivity (Wildman–Crippen MR) is 140 cm³/mol. The Hall–Kier alpha value is -2.03. The van der Waals surface area contributed by atoms with E-state index in [1.54, 1.807) is 0 Å². The van der Waals surface area contributed by atoms with Gasteiger partial charge >= 0.3 is 6.03 Å². The Kier molecular flexibility index (Phi) is 12.3. The topological polar surface area (TPSA) is 155 Å². The van der Waals surface area contributed by atoms with Crippen molar-refractivity contribution < 1.29 is 33.4 Å². The van der Waals surface area contributed by atoms with Crippen LogP contribution in [-0.2, 0) is 28.7 Å². The number of likely N-dealkylation sites (tertiary alicyclic amines) is 1. The molecule has 0 aliphatic carbocycles. The average Bonchev–Trinajstić information content (AvgIpc) is 3.49. The average molecular weight is 560 g/mol. The third-order valence-corrected chi connectivity index (χ3v) is 8.28. The summed E-state index contributed by atoms with van der Waals surface area (Å²) in [6, 6.07) is 0.366. The number of thioether (sulfide) groups is 1. The summed E-state index contributed by atoms with van der Waals surface area (Å²) in [5.41, 5.74) is 0. The first-order valence-corrected chi connectivity index (χ1v) is 14.3. The van der Waals surface area contributed by atoms with Gasteiger partial charge in [0.15, 0.2) is 0 Å². The molecule has 3 aliphatic heterocycles. The number of nitrogens with one attached hydrogen (secondary N) is 4. The van der Waals surface area contributed by atoms with Gasteiger partial charge in [0, 0.05) is 49.9 Å². The second-order valence-corrected chi connectivity index (χ2v) is 11.0. The van der Waals surface area contributed by atoms with Crippen LogP contribution in [0.2, 0.25) is 0 Å². The molecule has 14 heteroatoms. The standard InChI is InChI=1S/C23H37N5O7S2/c29-18(4-2-1-3-17-21-15(14-37-17)26-23(33)27-21)24-6-9-34-11-12-35-10-7-25-19(30)5-8-28-20(31)13-16(36)22(28)32/h15-17,21,36H,1-14H2,(H,24,29)(H,25,30)(H2,26,27,33)/t15-,16?,17-,21-/m0/s1. The van der Waals surface area contributed by atoms with Crippen LogP contribution in [0.4, 0.5) is 4.79 Å². The molecule has 1 unspecified atom stereocenters. The zero-order valence-electron chi connectivity index (χ0n) is 20.9. The van der Waals surface area contributed by atoms with Gasteiger partial charge in [-0.15, -0.1) is 0 Å². The van der Waals surface area contributed by atoms with Gasteiger partial charge in [-0.05, 0) is 12.8 Å². The number of thiol groups is 1. The molecule has 0 aromatic carbocycles. The molecule has 0 radical (unpaired) electrons. The molecule has 6 amide bonds. The molecular formula is C23H37N5O7S2. The number of hydrogen-bond donors (Lipinski definition) is 5. The van der Waals surface area contributed by atoms with Gasteiger partial charge in [-0.2, -0.15) is 24.4 Å². The van der Waals surface area contributed by atoms with Gasteiger partial charge in [-0.3, -0.25) is 24.1 Å². The fraction of sp³-hybridized carbons (Fsp3) is 0.783. The fourth-order valence-corrected chi connectivity index (χ4v) is 6.25. The minimum atomic E-state index is -0.607. The van der Waals surface area contributed by atoms with E-state index in [0.717, 1.165) is 29.9 Å². The third-order valence-electron chi connectivity index (χ3n) is 6.37. The van der Waals surface area contributed by atoms with Crippen molar-refractivity contribution in [3.05, 3.63) is 0 Å². The van der Waals surface area contributed by atoms with Crippen molar-refractivity contribution in [2.75, 3.05) is 51.8 Å². The van der Waals surface area contributed by atoms with Gasteiger partial charge in [0.2, 0.25) is 23.6 Å². The van der Waals surface area contributed by atoms with Crippen molar-refractivity contribution in [3.63, 3.8) is 0 Å². The lowest BCUT2D eigenvalue weighted by Crippen LogP contribution is -2.36. The van der Waals surface area contributed by atoms with Crippen LogP contribution in [0.15, 0.2) is 0 Å². The maximum Gasteiger partial charge on any atom is 0.315 e. The number of nitrogens with zero attached hydrogens (tertiary/aromatic N) is 1. The summed E-state index contributed by atoms with van der Waals surface area (Å²) in [7, 11) is 0. The Morgan fingerprint density at radius 2 is 1.65 bits per heavy atom. The lowest BCUT2D eigenvalue weighted by molar-refractivity contribution is -0.138. The van der Waals surface area contributed by atoms with E-state index in [0.29, 0.717) is 51.2 Å². The smallest absolute Gasteiger partial charge is 0.315 e. The zero-order valence-corrected chi connectivity index (χ0v) is 22.6. The quantitative estimate of drug-likeness (QED) is 0.0687. The molecule has 4 N–H and O–H groups in total. The van der Waals surface area contributed by atoms with Crippen molar-refractivity contribution in [2.45, 2.75) is 61.1 Å². The highest BCUT2D eigenvalue weighted by Crippen LogP contribution is 2.33. The summed E-state index contributed by atoms with van der Waals surface area (Å²) in [4.78, 5) is 59.7. The van der Waals surface area contributed by atoms with E-state index in [1.165, 1.54) is 0 Å². The van der Waals surface area contributed by atoms with Crippen molar-refractivity contribution in [1.29, 1.82) is 0 Å². The first-order chi connectivity index (χ1) is 17.8. The first-order valence-electron chi connectivity index (χ1n) is 12.7. The second-order valence-electron chi connectivity index (χ2n) is 9.15. The van der Waals surface area contributed by atoms with Crippen LogP contribution in [0.5, 0.6) is 0 Å². The summed E-state index contributed by atoms with van der Waals surface area (Å²) < 4.78 is 10.8. The first kappa shape index (κ1) is 29.5. The maximum atomic E-state index is 12.0. The molecule has 0 saturated carbocycles. The van der Waals surface area contributed by atoms with E-state index in [4.69, 9.17) is 9.47 Å². The molecule has 3 aliphatic rings. The Morgan fingerprint density at radius 1 is 0.973 bits per heavy atom. The van der Waals surface area contributed by atoms with Crippen LogP contribution in [0.3, 0.4) is 0 Å². The number of ether oxygens (including phenoxy) is 2. The predicted octanol–water partition coefficient (Wildman–Crippen LogP) is -0.575. The lowest BCUT2D eigenvalue weighted by Gasteiger charge is -2.16. The van der Waals surface area contributed by atoms with Crippen LogP contribution in [0, 0.1) is 0 Å².